The lowest BCUT2D eigenvalue weighted by Gasteiger charge is -2.09. The number of nitrogens with zero attached hydrogens (tertiary/aromatic N) is 2. The number of aromatic nitrogens is 2. The van der Waals surface area contributed by atoms with E-state index in [0.717, 1.165) is 12.1 Å². The van der Waals surface area contributed by atoms with Crippen molar-refractivity contribution in [2.24, 2.45) is 0 Å². The van der Waals surface area contributed by atoms with E-state index in [-0.39, 0.29) is 22.6 Å². The first kappa shape index (κ1) is 15.1. The summed E-state index contributed by atoms with van der Waals surface area (Å²) in [6, 6.07) is 4.99. The van der Waals surface area contributed by atoms with Gasteiger partial charge in [-0.3, -0.25) is 0 Å². The zero-order valence-electron chi connectivity index (χ0n) is 10.3. The highest BCUT2D eigenvalue weighted by atomic mass is 35.5. The molecule has 2 nitrogen and oxygen atoms in total. The molecule has 0 unspecified atom stereocenters. The molecule has 0 fully saturated rings. The molecule has 0 aliphatic carbocycles. The van der Waals surface area contributed by atoms with Crippen LogP contribution in [0.15, 0.2) is 24.3 Å². The van der Waals surface area contributed by atoms with Crippen LogP contribution in [0.25, 0.3) is 0 Å². The minimum Gasteiger partial charge on any atom is -0.220 e. The average Bonchev–Trinajstić information content (AvgIpc) is 2.35. The van der Waals surface area contributed by atoms with Gasteiger partial charge in [-0.25, -0.2) is 9.97 Å². The van der Waals surface area contributed by atoms with Gasteiger partial charge in [0.25, 0.3) is 0 Å². The van der Waals surface area contributed by atoms with Gasteiger partial charge >= 0.3 is 6.18 Å². The number of rotatable bonds is 2. The molecule has 0 N–H and O–H groups in total. The van der Waals surface area contributed by atoms with E-state index in [4.69, 9.17) is 23.2 Å². The number of alkyl halides is 3. The molecule has 0 atom stereocenters. The lowest BCUT2D eigenvalue weighted by molar-refractivity contribution is -0.137. The number of halogens is 5. The number of hydrogen-bond acceptors (Lipinski definition) is 2. The maximum absolute atomic E-state index is 12.6. The predicted octanol–water partition coefficient (Wildman–Crippen LogP) is 4.70. The largest absolute Gasteiger partial charge is 0.416 e. The van der Waals surface area contributed by atoms with Crippen molar-refractivity contribution in [2.45, 2.75) is 19.5 Å². The Hall–Kier alpha value is -1.33. The summed E-state index contributed by atoms with van der Waals surface area (Å²) in [6.07, 6.45) is -4.25. The summed E-state index contributed by atoms with van der Waals surface area (Å²) in [4.78, 5) is 8.02. The van der Waals surface area contributed by atoms with Crippen LogP contribution in [0, 0.1) is 6.92 Å². The molecule has 0 radical (unpaired) electrons. The number of benzene rings is 1. The third kappa shape index (κ3) is 3.41. The Bertz CT molecular complexity index is 619. The van der Waals surface area contributed by atoms with Gasteiger partial charge < -0.3 is 0 Å². The van der Waals surface area contributed by atoms with Crippen LogP contribution in [-0.4, -0.2) is 9.97 Å². The minimum absolute atomic E-state index is 0.129. The van der Waals surface area contributed by atoms with Crippen LogP contribution in [0.2, 0.25) is 10.3 Å². The predicted molar refractivity (Wildman–Crippen MR) is 71.0 cm³/mol. The Labute approximate surface area is 123 Å². The van der Waals surface area contributed by atoms with Crippen molar-refractivity contribution >= 4 is 23.2 Å². The highest BCUT2D eigenvalue weighted by Crippen LogP contribution is 2.30. The summed E-state index contributed by atoms with van der Waals surface area (Å²) in [6.45, 7) is 1.67. The molecule has 0 amide bonds. The molecule has 2 rings (SSSR count). The van der Waals surface area contributed by atoms with E-state index in [1.165, 1.54) is 6.07 Å². The Morgan fingerprint density at radius 1 is 1.10 bits per heavy atom. The summed E-state index contributed by atoms with van der Waals surface area (Å²) in [7, 11) is 0. The fourth-order valence-electron chi connectivity index (χ4n) is 1.62. The SMILES string of the molecule is Cc1c(Cl)nc(Cc2cccc(C(F)(F)F)c2)nc1Cl. The molecule has 1 aromatic carbocycles. The first-order valence-corrected chi connectivity index (χ1v) is 6.37. The van der Waals surface area contributed by atoms with E-state index < -0.39 is 11.7 Å². The molecule has 0 spiro atoms. The molecular weight excluding hydrogens is 312 g/mol. The molecule has 1 aromatic heterocycles. The van der Waals surface area contributed by atoms with E-state index in [1.54, 1.807) is 13.0 Å². The molecule has 2 aromatic rings. The van der Waals surface area contributed by atoms with Crippen molar-refractivity contribution in [1.29, 1.82) is 0 Å². The molecule has 106 valence electrons. The van der Waals surface area contributed by atoms with Crippen LogP contribution >= 0.6 is 23.2 Å². The van der Waals surface area contributed by atoms with Gasteiger partial charge in [-0.05, 0) is 18.6 Å². The normalized spacial score (nSPS) is 11.7. The number of hydrogen-bond donors (Lipinski definition) is 0. The Balaban J connectivity index is 2.31. The van der Waals surface area contributed by atoms with E-state index >= 15 is 0 Å². The fourth-order valence-corrected chi connectivity index (χ4v) is 2.05. The van der Waals surface area contributed by atoms with Gasteiger partial charge in [0.1, 0.15) is 16.1 Å². The highest BCUT2D eigenvalue weighted by Gasteiger charge is 2.30. The zero-order chi connectivity index (χ0) is 14.9. The molecule has 0 aliphatic rings. The lowest BCUT2D eigenvalue weighted by Crippen LogP contribution is -2.06. The maximum atomic E-state index is 12.6. The minimum atomic E-state index is -4.38. The van der Waals surface area contributed by atoms with E-state index in [0.29, 0.717) is 11.1 Å². The molecule has 20 heavy (non-hydrogen) atoms. The summed E-state index contributed by atoms with van der Waals surface area (Å²) in [5, 5.41) is 0.402. The lowest BCUT2D eigenvalue weighted by atomic mass is 10.1. The zero-order valence-corrected chi connectivity index (χ0v) is 11.8. The van der Waals surface area contributed by atoms with Crippen LogP contribution in [0.3, 0.4) is 0 Å². The Kier molecular flexibility index (Phi) is 4.20. The first-order chi connectivity index (χ1) is 9.27. The molecule has 0 saturated carbocycles. The van der Waals surface area contributed by atoms with Gasteiger partial charge in [-0.15, -0.1) is 0 Å². The molecule has 7 heteroatoms. The second-order valence-corrected chi connectivity index (χ2v) is 4.94. The van der Waals surface area contributed by atoms with Gasteiger partial charge in [0, 0.05) is 12.0 Å². The molecule has 0 bridgehead atoms. The van der Waals surface area contributed by atoms with Gasteiger partial charge in [0.2, 0.25) is 0 Å². The third-order valence-corrected chi connectivity index (χ3v) is 3.43. The maximum Gasteiger partial charge on any atom is 0.416 e. The van der Waals surface area contributed by atoms with Gasteiger partial charge in [-0.2, -0.15) is 13.2 Å². The van der Waals surface area contributed by atoms with Crippen molar-refractivity contribution in [3.63, 3.8) is 0 Å². The van der Waals surface area contributed by atoms with E-state index in [1.807, 2.05) is 0 Å². The van der Waals surface area contributed by atoms with Crippen molar-refractivity contribution < 1.29 is 13.2 Å². The van der Waals surface area contributed by atoms with Crippen molar-refractivity contribution in [2.75, 3.05) is 0 Å². The quantitative estimate of drug-likeness (QED) is 0.749. The molecule has 0 aliphatic heterocycles. The Morgan fingerprint density at radius 2 is 1.70 bits per heavy atom. The van der Waals surface area contributed by atoms with Crippen molar-refractivity contribution in [3.8, 4) is 0 Å². The topological polar surface area (TPSA) is 25.8 Å². The monoisotopic (exact) mass is 320 g/mol. The first-order valence-electron chi connectivity index (χ1n) is 5.62. The van der Waals surface area contributed by atoms with Gasteiger partial charge in [0.05, 0.1) is 5.56 Å². The van der Waals surface area contributed by atoms with Crippen LogP contribution < -0.4 is 0 Å². The molecule has 1 heterocycles. The van der Waals surface area contributed by atoms with Crippen molar-refractivity contribution in [3.05, 3.63) is 57.1 Å². The summed E-state index contributed by atoms with van der Waals surface area (Å²) in [5.74, 6) is 0.282. The second kappa shape index (κ2) is 5.58. The average molecular weight is 321 g/mol. The van der Waals surface area contributed by atoms with Crippen molar-refractivity contribution in [1.82, 2.24) is 9.97 Å². The highest BCUT2D eigenvalue weighted by molar-refractivity contribution is 6.34. The Morgan fingerprint density at radius 3 is 2.25 bits per heavy atom. The summed E-state index contributed by atoms with van der Waals surface area (Å²) in [5.41, 5.74) is 0.274. The summed E-state index contributed by atoms with van der Waals surface area (Å²) < 4.78 is 37.8. The van der Waals surface area contributed by atoms with Crippen LogP contribution in [0.5, 0.6) is 0 Å². The van der Waals surface area contributed by atoms with Gasteiger partial charge in [0.15, 0.2) is 0 Å². The second-order valence-electron chi connectivity index (χ2n) is 4.22. The fraction of sp³-hybridized carbons (Fsp3) is 0.231. The van der Waals surface area contributed by atoms with Crippen LogP contribution in [0.1, 0.15) is 22.5 Å². The molecular formula is C13H9Cl2F3N2. The molecule has 0 saturated heterocycles. The van der Waals surface area contributed by atoms with Crippen LogP contribution in [-0.2, 0) is 12.6 Å². The van der Waals surface area contributed by atoms with E-state index in [2.05, 4.69) is 9.97 Å². The van der Waals surface area contributed by atoms with Gasteiger partial charge in [-0.1, -0.05) is 41.4 Å². The standard InChI is InChI=1S/C13H9Cl2F3N2/c1-7-11(14)19-10(20-12(7)15)6-8-3-2-4-9(5-8)13(16,17)18/h2-5H,6H2,1H3. The smallest absolute Gasteiger partial charge is 0.220 e. The van der Waals surface area contributed by atoms with Crippen LogP contribution in [0.4, 0.5) is 13.2 Å². The third-order valence-electron chi connectivity index (χ3n) is 2.69. The van der Waals surface area contributed by atoms with E-state index in [9.17, 15) is 13.2 Å². The summed E-state index contributed by atoms with van der Waals surface area (Å²) >= 11 is 11.7.